The van der Waals surface area contributed by atoms with Gasteiger partial charge in [-0.25, -0.2) is 8.78 Å². The van der Waals surface area contributed by atoms with Crippen molar-refractivity contribution in [2.75, 3.05) is 32.7 Å². The topological polar surface area (TPSA) is 15.3 Å². The van der Waals surface area contributed by atoms with Crippen LogP contribution < -0.4 is 5.32 Å². The third kappa shape index (κ3) is 4.81. The molecule has 0 aromatic rings. The Bertz CT molecular complexity index is 230. The van der Waals surface area contributed by atoms with Crippen molar-refractivity contribution >= 4 is 0 Å². The zero-order valence-corrected chi connectivity index (χ0v) is 11.3. The van der Waals surface area contributed by atoms with Crippen molar-refractivity contribution in [3.05, 3.63) is 0 Å². The first-order chi connectivity index (χ1) is 8.66. The molecule has 2 rings (SSSR count). The van der Waals surface area contributed by atoms with Gasteiger partial charge in [-0.3, -0.25) is 0 Å². The van der Waals surface area contributed by atoms with Crippen molar-refractivity contribution < 1.29 is 8.78 Å². The predicted molar refractivity (Wildman–Crippen MR) is 70.1 cm³/mol. The van der Waals surface area contributed by atoms with Crippen LogP contribution in [0, 0.1) is 5.92 Å². The summed E-state index contributed by atoms with van der Waals surface area (Å²) in [7, 11) is 0. The Morgan fingerprint density at radius 3 is 2.44 bits per heavy atom. The van der Waals surface area contributed by atoms with E-state index in [0.29, 0.717) is 18.8 Å². The Hall–Kier alpha value is -0.220. The first-order valence-electron chi connectivity index (χ1n) is 7.47. The SMILES string of the molecule is FC1(F)CCC(CNCCCN2CCCC2)CC1. The molecule has 0 aromatic heterocycles. The number of halogens is 2. The lowest BCUT2D eigenvalue weighted by Crippen LogP contribution is -2.32. The Kier molecular flexibility index (Phi) is 5.37. The second-order valence-corrected chi connectivity index (χ2v) is 5.91. The lowest BCUT2D eigenvalue weighted by atomic mass is 9.87. The van der Waals surface area contributed by atoms with Gasteiger partial charge in [0.15, 0.2) is 0 Å². The first kappa shape index (κ1) is 14.2. The second-order valence-electron chi connectivity index (χ2n) is 5.91. The number of hydrogen-bond acceptors (Lipinski definition) is 2. The number of hydrogen-bond donors (Lipinski definition) is 1. The molecule has 1 aliphatic heterocycles. The fraction of sp³-hybridized carbons (Fsp3) is 1.00. The standard InChI is InChI=1S/C14H26F2N2/c15-14(16)6-4-13(5-7-14)12-17-8-3-11-18-9-1-2-10-18/h13,17H,1-12H2. The van der Waals surface area contributed by atoms with Gasteiger partial charge >= 0.3 is 0 Å². The molecule has 0 spiro atoms. The zero-order chi connectivity index (χ0) is 12.8. The molecule has 18 heavy (non-hydrogen) atoms. The lowest BCUT2D eigenvalue weighted by molar-refractivity contribution is -0.0454. The number of likely N-dealkylation sites (tertiary alicyclic amines) is 1. The Labute approximate surface area is 109 Å². The summed E-state index contributed by atoms with van der Waals surface area (Å²) in [5, 5.41) is 3.43. The van der Waals surface area contributed by atoms with Gasteiger partial charge in [0.2, 0.25) is 5.92 Å². The van der Waals surface area contributed by atoms with Gasteiger partial charge in [0.25, 0.3) is 0 Å². The zero-order valence-electron chi connectivity index (χ0n) is 11.3. The fourth-order valence-corrected chi connectivity index (χ4v) is 3.04. The van der Waals surface area contributed by atoms with E-state index in [-0.39, 0.29) is 12.8 Å². The summed E-state index contributed by atoms with van der Waals surface area (Å²) < 4.78 is 25.9. The Morgan fingerprint density at radius 1 is 1.11 bits per heavy atom. The minimum atomic E-state index is -2.38. The molecule has 2 aliphatic rings. The third-order valence-electron chi connectivity index (χ3n) is 4.30. The molecule has 0 amide bonds. The van der Waals surface area contributed by atoms with Crippen LogP contribution in [0.15, 0.2) is 0 Å². The van der Waals surface area contributed by atoms with Gasteiger partial charge in [0.1, 0.15) is 0 Å². The molecular formula is C14H26F2N2. The van der Waals surface area contributed by atoms with E-state index in [9.17, 15) is 8.78 Å². The molecule has 0 unspecified atom stereocenters. The van der Waals surface area contributed by atoms with E-state index in [1.165, 1.54) is 38.9 Å². The maximum Gasteiger partial charge on any atom is 0.248 e. The Morgan fingerprint density at radius 2 is 1.78 bits per heavy atom. The van der Waals surface area contributed by atoms with E-state index in [4.69, 9.17) is 0 Å². The summed E-state index contributed by atoms with van der Waals surface area (Å²) in [5.74, 6) is -1.91. The van der Waals surface area contributed by atoms with Gasteiger partial charge in [0.05, 0.1) is 0 Å². The second kappa shape index (κ2) is 6.80. The van der Waals surface area contributed by atoms with E-state index in [2.05, 4.69) is 10.2 Å². The van der Waals surface area contributed by atoms with Gasteiger partial charge in [-0.15, -0.1) is 0 Å². The van der Waals surface area contributed by atoms with Crippen LogP contribution >= 0.6 is 0 Å². The van der Waals surface area contributed by atoms with Crippen LogP contribution in [0.4, 0.5) is 8.78 Å². The molecule has 1 saturated heterocycles. The van der Waals surface area contributed by atoms with Gasteiger partial charge < -0.3 is 10.2 Å². The average Bonchev–Trinajstić information content (AvgIpc) is 2.84. The van der Waals surface area contributed by atoms with Crippen molar-refractivity contribution in [1.82, 2.24) is 10.2 Å². The molecule has 1 N–H and O–H groups in total. The maximum atomic E-state index is 13.0. The Balaban J connectivity index is 1.46. The van der Waals surface area contributed by atoms with E-state index in [0.717, 1.165) is 13.1 Å². The molecule has 1 aliphatic carbocycles. The van der Waals surface area contributed by atoms with Crippen LogP contribution in [0.3, 0.4) is 0 Å². The number of rotatable bonds is 6. The maximum absolute atomic E-state index is 13.0. The van der Waals surface area contributed by atoms with Crippen LogP contribution in [0.25, 0.3) is 0 Å². The van der Waals surface area contributed by atoms with E-state index >= 15 is 0 Å². The molecule has 1 heterocycles. The molecule has 0 radical (unpaired) electrons. The summed E-state index contributed by atoms with van der Waals surface area (Å²) in [5.41, 5.74) is 0. The summed E-state index contributed by atoms with van der Waals surface area (Å²) in [4.78, 5) is 2.52. The molecule has 4 heteroatoms. The highest BCUT2D eigenvalue weighted by Crippen LogP contribution is 2.35. The minimum Gasteiger partial charge on any atom is -0.316 e. The van der Waals surface area contributed by atoms with E-state index in [1.54, 1.807) is 0 Å². The van der Waals surface area contributed by atoms with Crippen molar-refractivity contribution in [2.45, 2.75) is 50.9 Å². The molecule has 0 aromatic carbocycles. The van der Waals surface area contributed by atoms with Gasteiger partial charge in [-0.1, -0.05) is 0 Å². The molecule has 1 saturated carbocycles. The predicted octanol–water partition coefficient (Wildman–Crippen LogP) is 2.89. The minimum absolute atomic E-state index is 0.0904. The summed E-state index contributed by atoms with van der Waals surface area (Å²) in [6, 6.07) is 0. The molecule has 0 bridgehead atoms. The van der Waals surface area contributed by atoms with Crippen LogP contribution in [0.2, 0.25) is 0 Å². The normalized spacial score (nSPS) is 25.7. The molecular weight excluding hydrogens is 234 g/mol. The summed E-state index contributed by atoms with van der Waals surface area (Å²) >= 11 is 0. The molecule has 0 atom stereocenters. The highest BCUT2D eigenvalue weighted by molar-refractivity contribution is 4.78. The van der Waals surface area contributed by atoms with Crippen LogP contribution in [-0.4, -0.2) is 43.5 Å². The molecule has 106 valence electrons. The number of nitrogens with zero attached hydrogens (tertiary/aromatic N) is 1. The summed E-state index contributed by atoms with van der Waals surface area (Å²) in [6.07, 6.45) is 5.44. The van der Waals surface area contributed by atoms with Gasteiger partial charge in [-0.2, -0.15) is 0 Å². The quantitative estimate of drug-likeness (QED) is 0.739. The number of nitrogens with one attached hydrogen (secondary N) is 1. The number of alkyl halides is 2. The van der Waals surface area contributed by atoms with Gasteiger partial charge in [0, 0.05) is 12.8 Å². The van der Waals surface area contributed by atoms with Crippen LogP contribution in [-0.2, 0) is 0 Å². The van der Waals surface area contributed by atoms with E-state index in [1.807, 2.05) is 0 Å². The van der Waals surface area contributed by atoms with Crippen molar-refractivity contribution in [3.8, 4) is 0 Å². The largest absolute Gasteiger partial charge is 0.316 e. The fourth-order valence-electron chi connectivity index (χ4n) is 3.04. The van der Waals surface area contributed by atoms with Crippen LogP contribution in [0.1, 0.15) is 44.9 Å². The highest BCUT2D eigenvalue weighted by Gasteiger charge is 2.34. The molecule has 2 nitrogen and oxygen atoms in total. The lowest BCUT2D eigenvalue weighted by Gasteiger charge is -2.28. The smallest absolute Gasteiger partial charge is 0.248 e. The van der Waals surface area contributed by atoms with E-state index < -0.39 is 5.92 Å². The highest BCUT2D eigenvalue weighted by atomic mass is 19.3. The third-order valence-corrected chi connectivity index (χ3v) is 4.30. The molecule has 2 fully saturated rings. The van der Waals surface area contributed by atoms with Crippen molar-refractivity contribution in [3.63, 3.8) is 0 Å². The van der Waals surface area contributed by atoms with Crippen LogP contribution in [0.5, 0.6) is 0 Å². The van der Waals surface area contributed by atoms with Crippen molar-refractivity contribution in [2.24, 2.45) is 5.92 Å². The van der Waals surface area contributed by atoms with Gasteiger partial charge in [-0.05, 0) is 70.7 Å². The monoisotopic (exact) mass is 260 g/mol. The van der Waals surface area contributed by atoms with Crippen molar-refractivity contribution in [1.29, 1.82) is 0 Å². The summed E-state index contributed by atoms with van der Waals surface area (Å²) in [6.45, 7) is 5.67. The first-order valence-corrected chi connectivity index (χ1v) is 7.47. The average molecular weight is 260 g/mol.